The molecule has 202 valence electrons. The summed E-state index contributed by atoms with van der Waals surface area (Å²) in [6.45, 7) is 6.48. The standard InChI is InChI=1S/C26H45NO7S.Na/c1-15(4-7-23(31)27-10-11-35(32,33)34)18-5-6-19-24-20(14-22(30)26(18,19)3)25(2)9-8-17(28)12-16(25)13-21(24)29;/h15-22,24,28-30H,4-14H2,1-3H3,(H,27,31)(H,32,33,34);/q;+1/p-1/t15-,16+,17-,18-,19+,20+,21+,22+,24+,25+,26-;/m1./s1. The van der Waals surface area contributed by atoms with Crippen molar-refractivity contribution in [3.63, 3.8) is 0 Å². The van der Waals surface area contributed by atoms with E-state index in [9.17, 15) is 33.1 Å². The molecule has 36 heavy (non-hydrogen) atoms. The summed E-state index contributed by atoms with van der Waals surface area (Å²) in [4.78, 5) is 12.2. The summed E-state index contributed by atoms with van der Waals surface area (Å²) in [7, 11) is -4.35. The first-order valence-electron chi connectivity index (χ1n) is 13.5. The van der Waals surface area contributed by atoms with Crippen LogP contribution in [0.3, 0.4) is 0 Å². The van der Waals surface area contributed by atoms with Crippen LogP contribution in [0.15, 0.2) is 0 Å². The zero-order valence-electron chi connectivity index (χ0n) is 22.4. The van der Waals surface area contributed by atoms with Gasteiger partial charge in [0.1, 0.15) is 0 Å². The van der Waals surface area contributed by atoms with Crippen LogP contribution in [0.1, 0.15) is 78.6 Å². The maximum Gasteiger partial charge on any atom is 1.00 e. The summed E-state index contributed by atoms with van der Waals surface area (Å²) in [5.74, 6) is 0.522. The number of amides is 1. The Hall–Kier alpha value is 0.260. The van der Waals surface area contributed by atoms with Crippen molar-refractivity contribution in [2.24, 2.45) is 46.3 Å². The van der Waals surface area contributed by atoms with Gasteiger partial charge in [0.2, 0.25) is 5.91 Å². The Morgan fingerprint density at radius 2 is 1.78 bits per heavy atom. The molecule has 0 saturated heterocycles. The van der Waals surface area contributed by atoms with Gasteiger partial charge in [-0.15, -0.1) is 0 Å². The fourth-order valence-electron chi connectivity index (χ4n) is 9.10. The van der Waals surface area contributed by atoms with Gasteiger partial charge in [-0.25, -0.2) is 8.42 Å². The van der Waals surface area contributed by atoms with Crippen LogP contribution in [-0.2, 0) is 14.9 Å². The SMILES string of the molecule is C[C@H](CCC(=O)NCCS(=O)(=O)[O-])[C@H]1CC[C@H]2[C@@H]3[C@@H](O)C[C@@H]4C[C@H](O)CC[C@]4(C)[C@H]3C[C@H](O)[C@]12C.[Na+]. The number of hydrogen-bond acceptors (Lipinski definition) is 7. The molecule has 0 radical (unpaired) electrons. The van der Waals surface area contributed by atoms with Crippen molar-refractivity contribution >= 4 is 16.0 Å². The molecule has 4 aliphatic rings. The number of fused-ring (bicyclic) bond motifs is 5. The Morgan fingerprint density at radius 3 is 2.44 bits per heavy atom. The molecule has 0 heterocycles. The third kappa shape index (κ3) is 5.74. The molecule has 0 unspecified atom stereocenters. The van der Waals surface area contributed by atoms with E-state index >= 15 is 0 Å². The van der Waals surface area contributed by atoms with E-state index in [4.69, 9.17) is 0 Å². The number of carbonyl (C=O) groups excluding carboxylic acids is 1. The van der Waals surface area contributed by atoms with Crippen molar-refractivity contribution in [3.05, 3.63) is 0 Å². The van der Waals surface area contributed by atoms with Gasteiger partial charge in [0.05, 0.1) is 34.2 Å². The number of aliphatic hydroxyl groups is 3. The van der Waals surface area contributed by atoms with Gasteiger partial charge in [0, 0.05) is 13.0 Å². The molecule has 4 rings (SSSR count). The largest absolute Gasteiger partial charge is 1.00 e. The molecule has 0 aliphatic heterocycles. The van der Waals surface area contributed by atoms with E-state index in [2.05, 4.69) is 26.1 Å². The van der Waals surface area contributed by atoms with Crippen molar-refractivity contribution < 1.29 is 62.6 Å². The maximum absolute atomic E-state index is 12.2. The Morgan fingerprint density at radius 1 is 1.08 bits per heavy atom. The predicted octanol–water partition coefficient (Wildman–Crippen LogP) is -0.970. The van der Waals surface area contributed by atoms with Crippen molar-refractivity contribution in [1.29, 1.82) is 0 Å². The fraction of sp³-hybridized carbons (Fsp3) is 0.962. The van der Waals surface area contributed by atoms with E-state index in [1.807, 2.05) is 0 Å². The van der Waals surface area contributed by atoms with Crippen LogP contribution in [0.5, 0.6) is 0 Å². The second-order valence-electron chi connectivity index (χ2n) is 12.7. The van der Waals surface area contributed by atoms with Crippen LogP contribution < -0.4 is 34.9 Å². The molecule has 4 fully saturated rings. The summed E-state index contributed by atoms with van der Waals surface area (Å²) in [6.07, 6.45) is 5.58. The van der Waals surface area contributed by atoms with E-state index in [1.54, 1.807) is 0 Å². The molecule has 11 atom stereocenters. The van der Waals surface area contributed by atoms with Crippen LogP contribution >= 0.6 is 0 Å². The molecular weight excluding hydrogens is 493 g/mol. The van der Waals surface area contributed by atoms with E-state index in [1.165, 1.54) is 0 Å². The van der Waals surface area contributed by atoms with Gasteiger partial charge in [-0.3, -0.25) is 4.79 Å². The van der Waals surface area contributed by atoms with E-state index in [-0.39, 0.29) is 95.0 Å². The van der Waals surface area contributed by atoms with Gasteiger partial charge in [-0.2, -0.15) is 0 Å². The fourth-order valence-corrected chi connectivity index (χ4v) is 9.45. The first-order chi connectivity index (χ1) is 16.3. The first kappa shape index (κ1) is 30.8. The smallest absolute Gasteiger partial charge is 0.748 e. The van der Waals surface area contributed by atoms with Crippen molar-refractivity contribution in [1.82, 2.24) is 5.32 Å². The van der Waals surface area contributed by atoms with E-state index in [0.29, 0.717) is 18.8 Å². The summed E-state index contributed by atoms with van der Waals surface area (Å²) in [5, 5.41) is 35.7. The first-order valence-corrected chi connectivity index (χ1v) is 15.1. The molecule has 0 bridgehead atoms. The quantitative estimate of drug-likeness (QED) is 0.241. The third-order valence-corrected chi connectivity index (χ3v) is 11.7. The Balaban J connectivity index is 0.00000361. The number of rotatable bonds is 7. The summed E-state index contributed by atoms with van der Waals surface area (Å²) in [5.41, 5.74) is -0.267. The number of carbonyl (C=O) groups is 1. The summed E-state index contributed by atoms with van der Waals surface area (Å²) in [6, 6.07) is 0. The molecule has 1 amide bonds. The zero-order chi connectivity index (χ0) is 25.8. The minimum atomic E-state index is -4.35. The molecule has 4 saturated carbocycles. The van der Waals surface area contributed by atoms with Crippen LogP contribution in [0.25, 0.3) is 0 Å². The molecule has 10 heteroatoms. The topological polar surface area (TPSA) is 147 Å². The van der Waals surface area contributed by atoms with E-state index < -0.39 is 28.1 Å². The Labute approximate surface area is 238 Å². The predicted molar refractivity (Wildman–Crippen MR) is 130 cm³/mol. The summed E-state index contributed by atoms with van der Waals surface area (Å²) < 4.78 is 32.2. The van der Waals surface area contributed by atoms with Crippen LogP contribution in [0.2, 0.25) is 0 Å². The Bertz CT molecular complexity index is 903. The van der Waals surface area contributed by atoms with Gasteiger partial charge in [0.25, 0.3) is 0 Å². The van der Waals surface area contributed by atoms with Crippen molar-refractivity contribution in [2.75, 3.05) is 12.3 Å². The average Bonchev–Trinajstić information content (AvgIpc) is 3.12. The van der Waals surface area contributed by atoms with Gasteiger partial charge in [-0.05, 0) is 97.7 Å². The number of hydrogen-bond donors (Lipinski definition) is 4. The maximum atomic E-state index is 12.2. The molecule has 8 nitrogen and oxygen atoms in total. The minimum absolute atomic E-state index is 0. The van der Waals surface area contributed by atoms with Gasteiger partial charge in [0.15, 0.2) is 0 Å². The minimum Gasteiger partial charge on any atom is -0.748 e. The molecule has 4 N–H and O–H groups in total. The van der Waals surface area contributed by atoms with Gasteiger partial charge >= 0.3 is 29.6 Å². The third-order valence-electron chi connectivity index (χ3n) is 11.0. The second kappa shape index (κ2) is 11.4. The van der Waals surface area contributed by atoms with Crippen molar-refractivity contribution in [2.45, 2.75) is 96.9 Å². The molecule has 4 aliphatic carbocycles. The van der Waals surface area contributed by atoms with E-state index in [0.717, 1.165) is 38.5 Å². The van der Waals surface area contributed by atoms with Gasteiger partial charge < -0.3 is 25.2 Å². The Kier molecular flexibility index (Phi) is 9.75. The number of aliphatic hydroxyl groups excluding tert-OH is 3. The molecular formula is C26H44NNaO7S. The molecule has 0 aromatic carbocycles. The van der Waals surface area contributed by atoms with Crippen LogP contribution in [0.4, 0.5) is 0 Å². The molecule has 0 aromatic rings. The molecule has 0 spiro atoms. The zero-order valence-corrected chi connectivity index (χ0v) is 25.2. The van der Waals surface area contributed by atoms with Crippen LogP contribution in [-0.4, -0.2) is 64.8 Å². The number of nitrogens with one attached hydrogen (secondary N) is 1. The monoisotopic (exact) mass is 537 g/mol. The summed E-state index contributed by atoms with van der Waals surface area (Å²) >= 11 is 0. The van der Waals surface area contributed by atoms with Crippen LogP contribution in [0, 0.1) is 46.3 Å². The second-order valence-corrected chi connectivity index (χ2v) is 14.2. The normalized spacial score (nSPS) is 45.0. The average molecular weight is 538 g/mol. The van der Waals surface area contributed by atoms with Gasteiger partial charge in [-0.1, -0.05) is 20.8 Å². The molecule has 0 aromatic heterocycles. The van der Waals surface area contributed by atoms with Crippen molar-refractivity contribution in [3.8, 4) is 0 Å².